The highest BCUT2D eigenvalue weighted by Crippen LogP contribution is 2.33. The molecule has 1 aliphatic rings. The number of hydrogen-bond donors (Lipinski definition) is 1. The molecule has 3 aromatic rings. The Morgan fingerprint density at radius 3 is 2.50 bits per heavy atom. The third-order valence-electron chi connectivity index (χ3n) is 4.93. The van der Waals surface area contributed by atoms with Crippen molar-refractivity contribution in [1.82, 2.24) is 9.88 Å². The number of halogens is 1. The first kappa shape index (κ1) is 14.9. The number of likely N-dealkylation sites (tertiary alicyclic amines) is 1. The number of nitrogens with zero attached hydrogens (tertiary/aromatic N) is 1. The summed E-state index contributed by atoms with van der Waals surface area (Å²) in [5, 5.41) is 1.28. The molecule has 0 spiro atoms. The van der Waals surface area contributed by atoms with E-state index in [0.717, 1.165) is 31.4 Å². The minimum atomic E-state index is -0.315. The zero-order chi connectivity index (χ0) is 16.5. The van der Waals surface area contributed by atoms with E-state index in [1.165, 1.54) is 23.1 Å². The summed E-state index contributed by atoms with van der Waals surface area (Å²) in [6, 6.07) is 14.1. The first-order chi connectivity index (χ1) is 11.7. The van der Waals surface area contributed by atoms with Gasteiger partial charge in [0.25, 0.3) is 5.91 Å². The van der Waals surface area contributed by atoms with Gasteiger partial charge in [0.2, 0.25) is 0 Å². The van der Waals surface area contributed by atoms with Crippen LogP contribution in [-0.2, 0) is 0 Å². The summed E-state index contributed by atoms with van der Waals surface area (Å²) in [4.78, 5) is 17.7. The lowest BCUT2D eigenvalue weighted by Gasteiger charge is -2.32. The van der Waals surface area contributed by atoms with Gasteiger partial charge < -0.3 is 9.88 Å². The van der Waals surface area contributed by atoms with Crippen LogP contribution in [-0.4, -0.2) is 28.9 Å². The minimum Gasteiger partial charge on any atom is -0.361 e. The maximum Gasteiger partial charge on any atom is 0.253 e. The zero-order valence-corrected chi connectivity index (χ0v) is 13.3. The third-order valence-corrected chi connectivity index (χ3v) is 4.93. The summed E-state index contributed by atoms with van der Waals surface area (Å²) in [5.74, 6) is 0.149. The first-order valence-corrected chi connectivity index (χ1v) is 8.33. The van der Waals surface area contributed by atoms with Crippen LogP contribution in [0.2, 0.25) is 0 Å². The molecule has 1 aliphatic heterocycles. The van der Waals surface area contributed by atoms with E-state index in [9.17, 15) is 9.18 Å². The van der Waals surface area contributed by atoms with Crippen molar-refractivity contribution in [3.63, 3.8) is 0 Å². The Bertz CT molecular complexity index is 861. The number of piperidine rings is 1. The molecule has 2 heterocycles. The average molecular weight is 322 g/mol. The Kier molecular flexibility index (Phi) is 3.81. The van der Waals surface area contributed by atoms with Crippen LogP contribution in [0.4, 0.5) is 4.39 Å². The highest BCUT2D eigenvalue weighted by Gasteiger charge is 2.25. The number of para-hydroxylation sites is 1. The minimum absolute atomic E-state index is 0.00706. The normalized spacial score (nSPS) is 15.8. The van der Waals surface area contributed by atoms with Crippen molar-refractivity contribution < 1.29 is 9.18 Å². The van der Waals surface area contributed by atoms with E-state index in [0.29, 0.717) is 11.5 Å². The van der Waals surface area contributed by atoms with E-state index >= 15 is 0 Å². The Morgan fingerprint density at radius 1 is 1.04 bits per heavy atom. The molecule has 3 nitrogen and oxygen atoms in total. The summed E-state index contributed by atoms with van der Waals surface area (Å²) < 4.78 is 13.0. The molecule has 122 valence electrons. The molecule has 0 radical (unpaired) electrons. The predicted octanol–water partition coefficient (Wildman–Crippen LogP) is 4.33. The van der Waals surface area contributed by atoms with Crippen LogP contribution in [0.15, 0.2) is 54.7 Å². The predicted molar refractivity (Wildman–Crippen MR) is 92.6 cm³/mol. The number of amides is 1. The number of H-pyrrole nitrogens is 1. The molecular formula is C20H19FN2O. The molecule has 1 amide bonds. The zero-order valence-electron chi connectivity index (χ0n) is 13.3. The van der Waals surface area contributed by atoms with Gasteiger partial charge in [-0.1, -0.05) is 18.2 Å². The molecule has 4 heteroatoms. The van der Waals surface area contributed by atoms with Crippen molar-refractivity contribution in [2.75, 3.05) is 13.1 Å². The Balaban J connectivity index is 1.47. The number of rotatable bonds is 2. The van der Waals surface area contributed by atoms with Crippen LogP contribution in [0.5, 0.6) is 0 Å². The van der Waals surface area contributed by atoms with Crippen molar-refractivity contribution in [2.24, 2.45) is 0 Å². The molecule has 0 saturated carbocycles. The molecule has 0 unspecified atom stereocenters. The van der Waals surface area contributed by atoms with Crippen LogP contribution in [0, 0.1) is 5.82 Å². The van der Waals surface area contributed by atoms with Crippen LogP contribution in [0.25, 0.3) is 10.9 Å². The van der Waals surface area contributed by atoms with Gasteiger partial charge in [-0.15, -0.1) is 0 Å². The van der Waals surface area contributed by atoms with Crippen molar-refractivity contribution in [3.8, 4) is 0 Å². The topological polar surface area (TPSA) is 36.1 Å². The van der Waals surface area contributed by atoms with E-state index in [1.807, 2.05) is 11.0 Å². The van der Waals surface area contributed by atoms with E-state index in [4.69, 9.17) is 0 Å². The average Bonchev–Trinajstić information content (AvgIpc) is 3.06. The summed E-state index contributed by atoms with van der Waals surface area (Å²) in [7, 11) is 0. The van der Waals surface area contributed by atoms with Crippen molar-refractivity contribution >= 4 is 16.8 Å². The van der Waals surface area contributed by atoms with Crippen LogP contribution in [0.1, 0.15) is 34.7 Å². The van der Waals surface area contributed by atoms with Gasteiger partial charge in [-0.25, -0.2) is 4.39 Å². The largest absolute Gasteiger partial charge is 0.361 e. The number of aromatic nitrogens is 1. The molecule has 2 aromatic carbocycles. The highest BCUT2D eigenvalue weighted by molar-refractivity contribution is 5.94. The van der Waals surface area contributed by atoms with Gasteiger partial charge in [0.15, 0.2) is 0 Å². The number of hydrogen-bond acceptors (Lipinski definition) is 1. The SMILES string of the molecule is O=C(c1ccc(F)cc1)N1CCC(c2c[nH]c3ccccc23)CC1. The van der Waals surface area contributed by atoms with Gasteiger partial charge >= 0.3 is 0 Å². The molecule has 0 bridgehead atoms. The summed E-state index contributed by atoms with van der Waals surface area (Å²) in [6.45, 7) is 1.47. The highest BCUT2D eigenvalue weighted by atomic mass is 19.1. The molecule has 1 aromatic heterocycles. The first-order valence-electron chi connectivity index (χ1n) is 8.33. The van der Waals surface area contributed by atoms with Crippen LogP contribution in [0.3, 0.4) is 0 Å². The number of carbonyl (C=O) groups is 1. The fraction of sp³-hybridized carbons (Fsp3) is 0.250. The number of carbonyl (C=O) groups excluding carboxylic acids is 1. The molecule has 1 fully saturated rings. The van der Waals surface area contributed by atoms with E-state index in [-0.39, 0.29) is 11.7 Å². The summed E-state index contributed by atoms with van der Waals surface area (Å²) in [6.07, 6.45) is 4.01. The number of aromatic amines is 1. The van der Waals surface area contributed by atoms with Gasteiger partial charge in [0.1, 0.15) is 5.82 Å². The quantitative estimate of drug-likeness (QED) is 0.749. The van der Waals surface area contributed by atoms with Crippen LogP contribution >= 0.6 is 0 Å². The number of benzene rings is 2. The Labute approximate surface area is 140 Å². The molecule has 0 atom stereocenters. The molecule has 1 N–H and O–H groups in total. The van der Waals surface area contributed by atoms with Gasteiger partial charge in [-0.05, 0) is 54.7 Å². The smallest absolute Gasteiger partial charge is 0.253 e. The van der Waals surface area contributed by atoms with Crippen molar-refractivity contribution in [1.29, 1.82) is 0 Å². The van der Waals surface area contributed by atoms with E-state index in [1.54, 1.807) is 12.1 Å². The van der Waals surface area contributed by atoms with Gasteiger partial charge in [0.05, 0.1) is 0 Å². The molecule has 0 aliphatic carbocycles. The van der Waals surface area contributed by atoms with Gasteiger partial charge in [-0.3, -0.25) is 4.79 Å². The van der Waals surface area contributed by atoms with E-state index < -0.39 is 0 Å². The fourth-order valence-electron chi connectivity index (χ4n) is 3.60. The monoisotopic (exact) mass is 322 g/mol. The maximum absolute atomic E-state index is 13.0. The molecule has 4 rings (SSSR count). The lowest BCUT2D eigenvalue weighted by atomic mass is 9.89. The van der Waals surface area contributed by atoms with E-state index in [2.05, 4.69) is 29.4 Å². The lowest BCUT2D eigenvalue weighted by molar-refractivity contribution is 0.0713. The third kappa shape index (κ3) is 2.68. The van der Waals surface area contributed by atoms with Crippen molar-refractivity contribution in [3.05, 3.63) is 71.7 Å². The second kappa shape index (κ2) is 6.11. The Morgan fingerprint density at radius 2 is 1.75 bits per heavy atom. The maximum atomic E-state index is 13.0. The number of fused-ring (bicyclic) bond motifs is 1. The summed E-state index contributed by atoms with van der Waals surface area (Å²) >= 11 is 0. The lowest BCUT2D eigenvalue weighted by Crippen LogP contribution is -2.37. The van der Waals surface area contributed by atoms with Crippen LogP contribution < -0.4 is 0 Å². The van der Waals surface area contributed by atoms with Gasteiger partial charge in [-0.2, -0.15) is 0 Å². The number of nitrogens with one attached hydrogen (secondary N) is 1. The van der Waals surface area contributed by atoms with Gasteiger partial charge in [0, 0.05) is 35.8 Å². The molecule has 1 saturated heterocycles. The fourth-order valence-corrected chi connectivity index (χ4v) is 3.60. The standard InChI is InChI=1S/C20H19FN2O/c21-16-7-5-15(6-8-16)20(24)23-11-9-14(10-12-23)18-13-22-19-4-2-1-3-17(18)19/h1-8,13-14,22H,9-12H2. The second-order valence-corrected chi connectivity index (χ2v) is 6.36. The Hall–Kier alpha value is -2.62. The molecule has 24 heavy (non-hydrogen) atoms. The summed E-state index contributed by atoms with van der Waals surface area (Å²) in [5.41, 5.74) is 3.07. The second-order valence-electron chi connectivity index (χ2n) is 6.36. The van der Waals surface area contributed by atoms with Crippen molar-refractivity contribution in [2.45, 2.75) is 18.8 Å². The molecular weight excluding hydrogens is 303 g/mol.